The zero-order chi connectivity index (χ0) is 14.9. The number of rotatable bonds is 2. The van der Waals surface area contributed by atoms with Crippen molar-refractivity contribution < 1.29 is 28.6 Å². The highest BCUT2D eigenvalue weighted by atomic mass is 16.5. The Bertz CT molecular complexity index is 757. The van der Waals surface area contributed by atoms with Crippen LogP contribution in [0.25, 0.3) is 11.0 Å². The number of hydrogen-bond donors (Lipinski definition) is 1. The highest BCUT2D eigenvalue weighted by Crippen LogP contribution is 2.24. The van der Waals surface area contributed by atoms with Crippen molar-refractivity contribution in [2.45, 2.75) is 0 Å². The zero-order valence-electron chi connectivity index (χ0n) is 10.6. The summed E-state index contributed by atoms with van der Waals surface area (Å²) < 4.78 is 14.0. The number of benzene rings is 1. The topological polar surface area (TPSA) is 103 Å². The average Bonchev–Trinajstić information content (AvgIpc) is 2.43. The van der Waals surface area contributed by atoms with E-state index < -0.39 is 23.1 Å². The van der Waals surface area contributed by atoms with Gasteiger partial charge in [0, 0.05) is 11.5 Å². The maximum absolute atomic E-state index is 11.8. The molecule has 0 bridgehead atoms. The Morgan fingerprint density at radius 3 is 2.30 bits per heavy atom. The number of carbonyl (C=O) groups excluding carboxylic acids is 2. The molecule has 0 unspecified atom stereocenters. The molecule has 0 amide bonds. The van der Waals surface area contributed by atoms with Gasteiger partial charge in [-0.2, -0.15) is 0 Å². The summed E-state index contributed by atoms with van der Waals surface area (Å²) in [6.07, 6.45) is 0. The summed E-state index contributed by atoms with van der Waals surface area (Å²) in [6, 6.07) is 3.78. The van der Waals surface area contributed by atoms with Crippen molar-refractivity contribution in [3.05, 3.63) is 39.7 Å². The van der Waals surface area contributed by atoms with Gasteiger partial charge in [0.15, 0.2) is 5.56 Å². The number of methoxy groups -OCH3 is 2. The number of phenolic OH excluding ortho intramolecular Hbond substituents is 1. The molecule has 0 aliphatic carbocycles. The Balaban J connectivity index is 2.95. The molecule has 2 rings (SSSR count). The van der Waals surface area contributed by atoms with Gasteiger partial charge in [0.05, 0.1) is 19.8 Å². The molecule has 1 N–H and O–H groups in total. The third kappa shape index (κ3) is 2.09. The maximum atomic E-state index is 11.8. The van der Waals surface area contributed by atoms with Crippen LogP contribution in [0.5, 0.6) is 5.75 Å². The van der Waals surface area contributed by atoms with Gasteiger partial charge in [-0.1, -0.05) is 0 Å². The number of phenols is 1. The second-order valence-electron chi connectivity index (χ2n) is 3.80. The molecule has 104 valence electrons. The Morgan fingerprint density at radius 1 is 1.10 bits per heavy atom. The van der Waals surface area contributed by atoms with Crippen LogP contribution in [0.15, 0.2) is 27.4 Å². The van der Waals surface area contributed by atoms with Gasteiger partial charge >= 0.3 is 17.6 Å². The van der Waals surface area contributed by atoms with Gasteiger partial charge in [-0.25, -0.2) is 14.4 Å². The first kappa shape index (κ1) is 13.6. The van der Waals surface area contributed by atoms with Crippen molar-refractivity contribution >= 4 is 22.9 Å². The lowest BCUT2D eigenvalue weighted by atomic mass is 10.0. The molecule has 1 aromatic heterocycles. The number of hydrogen-bond acceptors (Lipinski definition) is 7. The average molecular weight is 278 g/mol. The van der Waals surface area contributed by atoms with Crippen molar-refractivity contribution in [1.82, 2.24) is 0 Å². The van der Waals surface area contributed by atoms with Gasteiger partial charge in [-0.15, -0.1) is 0 Å². The summed E-state index contributed by atoms with van der Waals surface area (Å²) in [5, 5.41) is 9.52. The number of ether oxygens (including phenoxy) is 2. The molecular formula is C13H10O7. The van der Waals surface area contributed by atoms with E-state index in [1.54, 1.807) is 0 Å². The van der Waals surface area contributed by atoms with Gasteiger partial charge in [0.25, 0.3) is 0 Å². The van der Waals surface area contributed by atoms with Crippen molar-refractivity contribution in [3.8, 4) is 5.75 Å². The minimum Gasteiger partial charge on any atom is -0.508 e. The van der Waals surface area contributed by atoms with Gasteiger partial charge in [-0.3, -0.25) is 0 Å². The summed E-state index contributed by atoms with van der Waals surface area (Å²) in [6.45, 7) is 0. The van der Waals surface area contributed by atoms with Crippen LogP contribution in [-0.4, -0.2) is 31.3 Å². The molecule has 0 saturated heterocycles. The fraction of sp³-hybridized carbons (Fsp3) is 0.154. The van der Waals surface area contributed by atoms with Crippen molar-refractivity contribution in [3.63, 3.8) is 0 Å². The fourth-order valence-electron chi connectivity index (χ4n) is 1.79. The maximum Gasteiger partial charge on any atom is 0.351 e. The molecule has 20 heavy (non-hydrogen) atoms. The Kier molecular flexibility index (Phi) is 3.43. The molecule has 0 spiro atoms. The first-order valence-electron chi connectivity index (χ1n) is 5.46. The standard InChI is InChI=1S/C13H10O7/c1-18-11(15)9-7-4-3-6(14)5-8(7)20-13(17)10(9)12(16)19-2/h3-5,14H,1-2H3. The van der Waals surface area contributed by atoms with Crippen LogP contribution in [0, 0.1) is 0 Å². The monoisotopic (exact) mass is 278 g/mol. The minimum atomic E-state index is -1.05. The number of aromatic hydroxyl groups is 1. The lowest BCUT2D eigenvalue weighted by molar-refractivity contribution is 0.0552. The lowest BCUT2D eigenvalue weighted by Crippen LogP contribution is -2.22. The summed E-state index contributed by atoms with van der Waals surface area (Å²) in [5.74, 6) is -2.04. The summed E-state index contributed by atoms with van der Waals surface area (Å²) in [4.78, 5) is 35.3. The molecule has 2 aromatic rings. The van der Waals surface area contributed by atoms with E-state index in [1.807, 2.05) is 0 Å². The van der Waals surface area contributed by atoms with E-state index in [0.29, 0.717) is 0 Å². The molecule has 0 radical (unpaired) electrons. The molecule has 0 saturated carbocycles. The van der Waals surface area contributed by atoms with Crippen molar-refractivity contribution in [1.29, 1.82) is 0 Å². The van der Waals surface area contributed by atoms with Gasteiger partial charge in [0.1, 0.15) is 11.3 Å². The number of carbonyl (C=O) groups is 2. The number of esters is 2. The molecule has 0 aliphatic rings. The predicted molar refractivity (Wildman–Crippen MR) is 66.8 cm³/mol. The van der Waals surface area contributed by atoms with Crippen LogP contribution in [0.3, 0.4) is 0 Å². The Hall–Kier alpha value is -2.83. The first-order chi connectivity index (χ1) is 9.49. The quantitative estimate of drug-likeness (QED) is 0.647. The SMILES string of the molecule is COC(=O)c1c(C(=O)OC)c2ccc(O)cc2oc1=O. The molecule has 1 heterocycles. The van der Waals surface area contributed by atoms with Crippen molar-refractivity contribution in [2.75, 3.05) is 14.2 Å². The highest BCUT2D eigenvalue weighted by molar-refractivity contribution is 6.11. The molecule has 7 heteroatoms. The normalized spacial score (nSPS) is 10.3. The second kappa shape index (κ2) is 5.04. The summed E-state index contributed by atoms with van der Waals surface area (Å²) in [5.41, 5.74) is -1.89. The Labute approximate surface area is 112 Å². The van der Waals surface area contributed by atoms with E-state index in [2.05, 4.69) is 9.47 Å². The molecular weight excluding hydrogens is 268 g/mol. The molecule has 0 aliphatic heterocycles. The van der Waals surface area contributed by atoms with Crippen molar-refractivity contribution in [2.24, 2.45) is 0 Å². The van der Waals surface area contributed by atoms with Gasteiger partial charge in [0.2, 0.25) is 0 Å². The third-order valence-corrected chi connectivity index (χ3v) is 2.67. The predicted octanol–water partition coefficient (Wildman–Crippen LogP) is 1.07. The molecule has 0 fully saturated rings. The van der Waals surface area contributed by atoms with E-state index in [0.717, 1.165) is 20.3 Å². The fourth-order valence-corrected chi connectivity index (χ4v) is 1.79. The summed E-state index contributed by atoms with van der Waals surface area (Å²) in [7, 11) is 2.19. The molecule has 1 aromatic carbocycles. The van der Waals surface area contributed by atoms with E-state index in [1.165, 1.54) is 12.1 Å². The third-order valence-electron chi connectivity index (χ3n) is 2.67. The first-order valence-corrected chi connectivity index (χ1v) is 5.46. The van der Waals surface area contributed by atoms with E-state index >= 15 is 0 Å². The van der Waals surface area contributed by atoms with Crippen LogP contribution in [0.1, 0.15) is 20.7 Å². The second-order valence-corrected chi connectivity index (χ2v) is 3.80. The van der Waals surface area contributed by atoms with Gasteiger partial charge in [-0.05, 0) is 12.1 Å². The van der Waals surface area contributed by atoms with E-state index in [-0.39, 0.29) is 22.3 Å². The van der Waals surface area contributed by atoms with Gasteiger partial charge < -0.3 is 19.0 Å². The van der Waals surface area contributed by atoms with E-state index in [9.17, 15) is 19.5 Å². The van der Waals surface area contributed by atoms with Crippen LogP contribution in [0.4, 0.5) is 0 Å². The summed E-state index contributed by atoms with van der Waals surface area (Å²) >= 11 is 0. The molecule has 7 nitrogen and oxygen atoms in total. The van der Waals surface area contributed by atoms with Crippen LogP contribution >= 0.6 is 0 Å². The van der Waals surface area contributed by atoms with E-state index in [4.69, 9.17) is 4.42 Å². The number of fused-ring (bicyclic) bond motifs is 1. The zero-order valence-corrected chi connectivity index (χ0v) is 10.6. The largest absolute Gasteiger partial charge is 0.508 e. The van der Waals surface area contributed by atoms with Crippen LogP contribution < -0.4 is 5.63 Å². The minimum absolute atomic E-state index is 0.0388. The van der Waals surface area contributed by atoms with Crippen LogP contribution in [-0.2, 0) is 9.47 Å². The smallest absolute Gasteiger partial charge is 0.351 e. The Morgan fingerprint density at radius 2 is 1.70 bits per heavy atom. The molecule has 0 atom stereocenters. The van der Waals surface area contributed by atoms with Crippen LogP contribution in [0.2, 0.25) is 0 Å². The lowest BCUT2D eigenvalue weighted by Gasteiger charge is -2.08. The highest BCUT2D eigenvalue weighted by Gasteiger charge is 2.27.